The molecule has 1 aliphatic rings. The third-order valence-corrected chi connectivity index (χ3v) is 4.52. The monoisotopic (exact) mass is 366 g/mol. The van der Waals surface area contributed by atoms with Gasteiger partial charge in [0.15, 0.2) is 5.76 Å². The summed E-state index contributed by atoms with van der Waals surface area (Å²) in [7, 11) is 0. The molecule has 7 nitrogen and oxygen atoms in total. The fourth-order valence-electron chi connectivity index (χ4n) is 3.21. The van der Waals surface area contributed by atoms with Gasteiger partial charge in [-0.25, -0.2) is 4.98 Å². The molecule has 4 rings (SSSR count). The fraction of sp³-hybridized carbons (Fsp3) is 0.350. The van der Waals surface area contributed by atoms with Crippen LogP contribution >= 0.6 is 0 Å². The quantitative estimate of drug-likeness (QED) is 0.676. The van der Waals surface area contributed by atoms with Crippen molar-refractivity contribution in [3.05, 3.63) is 48.0 Å². The highest BCUT2D eigenvalue weighted by molar-refractivity contribution is 5.96. The maximum atomic E-state index is 12.2. The number of furan rings is 1. The Morgan fingerprint density at radius 3 is 2.85 bits per heavy atom. The summed E-state index contributed by atoms with van der Waals surface area (Å²) in [6.45, 7) is 4.57. The second kappa shape index (κ2) is 7.65. The number of fused-ring (bicyclic) bond motifs is 1. The molecule has 7 heteroatoms. The maximum Gasteiger partial charge on any atom is 0.287 e. The molecule has 0 saturated carbocycles. The highest BCUT2D eigenvalue weighted by Gasteiger charge is 2.16. The van der Waals surface area contributed by atoms with Gasteiger partial charge in [-0.1, -0.05) is 18.2 Å². The average Bonchev–Trinajstić information content (AvgIpc) is 3.34. The van der Waals surface area contributed by atoms with Crippen molar-refractivity contribution in [1.29, 1.82) is 0 Å². The van der Waals surface area contributed by atoms with Crippen molar-refractivity contribution in [3.63, 3.8) is 0 Å². The predicted octanol–water partition coefficient (Wildman–Crippen LogP) is 2.94. The van der Waals surface area contributed by atoms with Gasteiger partial charge in [-0.15, -0.1) is 0 Å². The van der Waals surface area contributed by atoms with E-state index in [1.807, 2.05) is 37.3 Å². The van der Waals surface area contributed by atoms with Crippen LogP contribution in [-0.4, -0.2) is 42.1 Å². The summed E-state index contributed by atoms with van der Waals surface area (Å²) >= 11 is 0. The third kappa shape index (κ3) is 4.02. The van der Waals surface area contributed by atoms with E-state index < -0.39 is 0 Å². The zero-order chi connectivity index (χ0) is 18.6. The average molecular weight is 366 g/mol. The van der Waals surface area contributed by atoms with Crippen LogP contribution in [0.1, 0.15) is 29.2 Å². The van der Waals surface area contributed by atoms with E-state index >= 15 is 0 Å². The van der Waals surface area contributed by atoms with Crippen molar-refractivity contribution in [2.24, 2.45) is 0 Å². The van der Waals surface area contributed by atoms with Crippen LogP contribution in [0, 0.1) is 6.92 Å². The van der Waals surface area contributed by atoms with Crippen LogP contribution in [0.3, 0.4) is 0 Å². The van der Waals surface area contributed by atoms with E-state index in [9.17, 15) is 4.79 Å². The first kappa shape index (κ1) is 17.3. The fourth-order valence-corrected chi connectivity index (χ4v) is 3.21. The molecule has 0 radical (unpaired) electrons. The summed E-state index contributed by atoms with van der Waals surface area (Å²) in [6, 6.07) is 11.1. The van der Waals surface area contributed by atoms with E-state index in [-0.39, 0.29) is 5.91 Å². The summed E-state index contributed by atoms with van der Waals surface area (Å²) in [5.74, 6) is 2.15. The van der Waals surface area contributed by atoms with E-state index in [1.165, 1.54) is 12.8 Å². The van der Waals surface area contributed by atoms with Crippen LogP contribution in [0.4, 0.5) is 5.82 Å². The summed E-state index contributed by atoms with van der Waals surface area (Å²) in [5.41, 5.74) is 0.699. The second-order valence-electron chi connectivity index (χ2n) is 6.56. The van der Waals surface area contributed by atoms with Crippen molar-refractivity contribution in [2.75, 3.05) is 31.1 Å². The number of nitrogens with one attached hydrogen (secondary N) is 1. The van der Waals surface area contributed by atoms with Crippen molar-refractivity contribution in [2.45, 2.75) is 19.8 Å². The number of anilines is 1. The van der Waals surface area contributed by atoms with Gasteiger partial charge in [0.2, 0.25) is 5.88 Å². The molecule has 140 valence electrons. The van der Waals surface area contributed by atoms with E-state index in [2.05, 4.69) is 20.2 Å². The lowest BCUT2D eigenvalue weighted by molar-refractivity contribution is 0.0921. The molecule has 0 unspecified atom stereocenters. The largest absolute Gasteiger partial charge is 0.476 e. The lowest BCUT2D eigenvalue weighted by atomic mass is 10.2. The Balaban J connectivity index is 1.31. The van der Waals surface area contributed by atoms with E-state index in [1.54, 1.807) is 6.07 Å². The molecule has 0 aliphatic carbocycles. The predicted molar refractivity (Wildman–Crippen MR) is 102 cm³/mol. The number of hydrogen-bond donors (Lipinski definition) is 1. The molecule has 1 N–H and O–H groups in total. The summed E-state index contributed by atoms with van der Waals surface area (Å²) in [4.78, 5) is 23.3. The SMILES string of the molecule is Cc1nc(OCCNC(=O)c2cc3ccccc3o2)cc(N2CCCC2)n1. The second-order valence-corrected chi connectivity index (χ2v) is 6.56. The first-order valence-electron chi connectivity index (χ1n) is 9.19. The molecule has 27 heavy (non-hydrogen) atoms. The van der Waals surface area contributed by atoms with Crippen LogP contribution in [0.15, 0.2) is 40.8 Å². The molecule has 1 saturated heterocycles. The topological polar surface area (TPSA) is 80.5 Å². The number of hydrogen-bond acceptors (Lipinski definition) is 6. The minimum absolute atomic E-state index is 0.258. The Labute approximate surface area is 157 Å². The Morgan fingerprint density at radius 2 is 2.04 bits per heavy atom. The molecule has 1 amide bonds. The maximum absolute atomic E-state index is 12.2. The van der Waals surface area contributed by atoms with Gasteiger partial charge in [0.25, 0.3) is 5.91 Å². The van der Waals surface area contributed by atoms with Gasteiger partial charge in [-0.2, -0.15) is 4.98 Å². The Morgan fingerprint density at radius 1 is 1.22 bits per heavy atom. The molecule has 1 aliphatic heterocycles. The summed E-state index contributed by atoms with van der Waals surface area (Å²) < 4.78 is 11.3. The standard InChI is InChI=1S/C20H22N4O3/c1-14-22-18(24-9-4-5-10-24)13-19(23-14)26-11-8-21-20(25)17-12-15-6-2-3-7-16(15)27-17/h2-3,6-7,12-13H,4-5,8-11H2,1H3,(H,21,25). The molecule has 0 atom stereocenters. The molecule has 0 spiro atoms. The number of para-hydroxylation sites is 1. The minimum Gasteiger partial charge on any atom is -0.476 e. The highest BCUT2D eigenvalue weighted by atomic mass is 16.5. The summed E-state index contributed by atoms with van der Waals surface area (Å²) in [5, 5.41) is 3.71. The lowest BCUT2D eigenvalue weighted by Crippen LogP contribution is -2.28. The molecular formula is C20H22N4O3. The molecule has 1 fully saturated rings. The normalized spacial score (nSPS) is 13.9. The van der Waals surface area contributed by atoms with Crippen molar-refractivity contribution in [1.82, 2.24) is 15.3 Å². The molecule has 2 aromatic heterocycles. The number of rotatable bonds is 6. The van der Waals surface area contributed by atoms with Crippen LogP contribution < -0.4 is 15.0 Å². The Bertz CT molecular complexity index is 914. The van der Waals surface area contributed by atoms with Crippen molar-refractivity contribution >= 4 is 22.7 Å². The van der Waals surface area contributed by atoms with Crippen molar-refractivity contribution in [3.8, 4) is 5.88 Å². The highest BCUT2D eigenvalue weighted by Crippen LogP contribution is 2.21. The van der Waals surface area contributed by atoms with Gasteiger partial charge in [-0.05, 0) is 31.9 Å². The van der Waals surface area contributed by atoms with Crippen molar-refractivity contribution < 1.29 is 13.9 Å². The molecule has 1 aromatic carbocycles. The van der Waals surface area contributed by atoms with Crippen LogP contribution in [0.2, 0.25) is 0 Å². The number of nitrogens with zero attached hydrogens (tertiary/aromatic N) is 3. The molecule has 3 heterocycles. The number of aryl methyl sites for hydroxylation is 1. The van der Waals surface area contributed by atoms with Gasteiger partial charge in [0.05, 0.1) is 6.54 Å². The molecule has 3 aromatic rings. The van der Waals surface area contributed by atoms with E-state index in [0.29, 0.717) is 36.2 Å². The van der Waals surface area contributed by atoms with Gasteiger partial charge >= 0.3 is 0 Å². The smallest absolute Gasteiger partial charge is 0.287 e. The number of aromatic nitrogens is 2. The Kier molecular flexibility index (Phi) is 4.91. The number of amides is 1. The zero-order valence-electron chi connectivity index (χ0n) is 15.3. The van der Waals surface area contributed by atoms with Gasteiger partial charge in [0.1, 0.15) is 23.8 Å². The van der Waals surface area contributed by atoms with Crippen LogP contribution in [-0.2, 0) is 0 Å². The number of ether oxygens (including phenoxy) is 1. The van der Waals surface area contributed by atoms with Crippen LogP contribution in [0.5, 0.6) is 5.88 Å². The first-order valence-corrected chi connectivity index (χ1v) is 9.19. The van der Waals surface area contributed by atoms with Crippen LogP contribution in [0.25, 0.3) is 11.0 Å². The lowest BCUT2D eigenvalue weighted by Gasteiger charge is -2.17. The van der Waals surface area contributed by atoms with Gasteiger partial charge in [0, 0.05) is 24.5 Å². The third-order valence-electron chi connectivity index (χ3n) is 4.52. The molecular weight excluding hydrogens is 344 g/mol. The zero-order valence-corrected chi connectivity index (χ0v) is 15.3. The van der Waals surface area contributed by atoms with E-state index in [4.69, 9.17) is 9.15 Å². The number of carbonyl (C=O) groups excluding carboxylic acids is 1. The van der Waals surface area contributed by atoms with E-state index in [0.717, 1.165) is 24.3 Å². The summed E-state index contributed by atoms with van der Waals surface area (Å²) in [6.07, 6.45) is 2.38. The van der Waals surface area contributed by atoms with Gasteiger partial charge < -0.3 is 19.4 Å². The molecule has 0 bridgehead atoms. The number of carbonyl (C=O) groups is 1. The number of benzene rings is 1. The minimum atomic E-state index is -0.258. The van der Waals surface area contributed by atoms with Gasteiger partial charge in [-0.3, -0.25) is 4.79 Å². The first-order chi connectivity index (χ1) is 13.2. The Hall–Kier alpha value is -3.09.